The molecule has 0 saturated heterocycles. The van der Waals surface area contributed by atoms with Crippen molar-refractivity contribution in [2.24, 2.45) is 16.8 Å². The average molecular weight is 281 g/mol. The van der Waals surface area contributed by atoms with E-state index in [9.17, 15) is 4.79 Å². The third-order valence-corrected chi connectivity index (χ3v) is 2.91. The van der Waals surface area contributed by atoms with Gasteiger partial charge in [-0.1, -0.05) is 37.9 Å². The van der Waals surface area contributed by atoms with Gasteiger partial charge in [0.05, 0.1) is 0 Å². The number of primary amides is 1. The van der Waals surface area contributed by atoms with E-state index < -0.39 is 0 Å². The fourth-order valence-corrected chi connectivity index (χ4v) is 1.85. The van der Waals surface area contributed by atoms with Gasteiger partial charge in [-0.05, 0) is 43.3 Å². The van der Waals surface area contributed by atoms with E-state index >= 15 is 0 Å². The van der Waals surface area contributed by atoms with E-state index in [0.29, 0.717) is 12.5 Å². The lowest BCUT2D eigenvalue weighted by Crippen LogP contribution is -2.39. The van der Waals surface area contributed by atoms with Gasteiger partial charge in [-0.2, -0.15) is 0 Å². The molecule has 0 rings (SSSR count). The van der Waals surface area contributed by atoms with Crippen molar-refractivity contribution in [1.82, 2.24) is 5.32 Å². The Morgan fingerprint density at radius 2 is 2.05 bits per heavy atom. The number of carbonyl (C=O) groups excluding carboxylic acids is 1. The van der Waals surface area contributed by atoms with E-state index in [2.05, 4.69) is 29.2 Å². The Balaban J connectivity index is 3.63. The molecular weight excluding hydrogens is 254 g/mol. The summed E-state index contributed by atoms with van der Waals surface area (Å²) in [6, 6.07) is -0.282. The zero-order chi connectivity index (χ0) is 15.2. The van der Waals surface area contributed by atoms with E-state index in [0.717, 1.165) is 38.5 Å². The molecule has 0 spiro atoms. The Morgan fingerprint density at radius 3 is 2.65 bits per heavy atom. The van der Waals surface area contributed by atoms with Crippen LogP contribution in [0, 0.1) is 5.92 Å². The molecule has 0 aliphatic heterocycles. The van der Waals surface area contributed by atoms with Gasteiger partial charge < -0.3 is 11.1 Å². The van der Waals surface area contributed by atoms with E-state index in [4.69, 9.17) is 11.3 Å². The maximum atomic E-state index is 11.2. The maximum Gasteiger partial charge on any atom is 0.239 e. The molecule has 0 fully saturated rings. The Morgan fingerprint density at radius 1 is 1.35 bits per heavy atom. The molecule has 1 atom stereocenters. The van der Waals surface area contributed by atoms with Gasteiger partial charge >= 0.3 is 0 Å². The first-order valence-corrected chi connectivity index (χ1v) is 7.29. The van der Waals surface area contributed by atoms with Crippen molar-refractivity contribution in [1.29, 1.82) is 0 Å². The number of amides is 1. The molecule has 0 aromatic heterocycles. The summed E-state index contributed by atoms with van der Waals surface area (Å²) >= 11 is 0. The van der Waals surface area contributed by atoms with Crippen molar-refractivity contribution in [2.45, 2.75) is 58.4 Å². The van der Waals surface area contributed by atoms with Crippen LogP contribution in [0.1, 0.15) is 52.4 Å². The smallest absolute Gasteiger partial charge is 0.239 e. The van der Waals surface area contributed by atoms with Crippen molar-refractivity contribution in [3.8, 4) is 0 Å². The summed E-state index contributed by atoms with van der Waals surface area (Å²) < 4.78 is 0. The third-order valence-electron chi connectivity index (χ3n) is 2.91. The number of rotatable bonds is 12. The second kappa shape index (κ2) is 12.4. The summed E-state index contributed by atoms with van der Waals surface area (Å²) in [7, 11) is 0. The number of allylic oxidation sites excluding steroid dienone is 1. The zero-order valence-electron chi connectivity index (χ0n) is 12.6. The van der Waals surface area contributed by atoms with E-state index in [1.807, 2.05) is 12.3 Å². The Kier molecular flexibility index (Phi) is 11.3. The van der Waals surface area contributed by atoms with Crippen LogP contribution in [-0.4, -0.2) is 18.5 Å². The molecule has 0 aromatic carbocycles. The standard InChI is InChI=1S/C14H27N5O/c1-12(2)11-13(14(15)20)17-9-7-5-3-4-6-8-10-18-19-16/h7,9,12-13,17H,3-6,8,10-11H2,1-2H3,(H2,15,20)/b9-7+/t13-/m0/s1. The molecule has 6 heteroatoms. The number of nitrogens with one attached hydrogen (secondary N) is 1. The van der Waals surface area contributed by atoms with Crippen LogP contribution in [0.2, 0.25) is 0 Å². The first kappa shape index (κ1) is 18.3. The van der Waals surface area contributed by atoms with Crippen molar-refractivity contribution >= 4 is 5.91 Å². The first-order chi connectivity index (χ1) is 9.57. The van der Waals surface area contributed by atoms with Gasteiger partial charge in [0.15, 0.2) is 0 Å². The Bertz CT molecular complexity index is 334. The van der Waals surface area contributed by atoms with Crippen LogP contribution in [0.25, 0.3) is 10.4 Å². The lowest BCUT2D eigenvalue weighted by molar-refractivity contribution is -0.120. The second-order valence-corrected chi connectivity index (χ2v) is 5.31. The van der Waals surface area contributed by atoms with E-state index in [1.165, 1.54) is 0 Å². The Hall–Kier alpha value is -1.68. The van der Waals surface area contributed by atoms with E-state index in [-0.39, 0.29) is 11.9 Å². The second-order valence-electron chi connectivity index (χ2n) is 5.31. The van der Waals surface area contributed by atoms with Crippen LogP contribution in [0.5, 0.6) is 0 Å². The molecule has 0 saturated carbocycles. The van der Waals surface area contributed by atoms with Gasteiger partial charge in [-0.15, -0.1) is 0 Å². The predicted molar refractivity (Wildman–Crippen MR) is 81.8 cm³/mol. The number of hydrogen-bond acceptors (Lipinski definition) is 3. The molecule has 6 nitrogen and oxygen atoms in total. The minimum Gasteiger partial charge on any atom is -0.380 e. The minimum absolute atomic E-state index is 0.282. The van der Waals surface area contributed by atoms with Crippen molar-refractivity contribution in [2.75, 3.05) is 6.54 Å². The highest BCUT2D eigenvalue weighted by Gasteiger charge is 2.14. The molecule has 0 heterocycles. The lowest BCUT2D eigenvalue weighted by Gasteiger charge is -2.15. The van der Waals surface area contributed by atoms with Crippen LogP contribution in [0.3, 0.4) is 0 Å². The predicted octanol–water partition coefficient (Wildman–Crippen LogP) is 3.25. The number of hydrogen-bond donors (Lipinski definition) is 2. The van der Waals surface area contributed by atoms with Crippen molar-refractivity contribution in [3.05, 3.63) is 22.7 Å². The lowest BCUT2D eigenvalue weighted by atomic mass is 10.0. The summed E-state index contributed by atoms with van der Waals surface area (Å²) in [6.07, 6.45) is 9.83. The number of carbonyl (C=O) groups is 1. The highest BCUT2D eigenvalue weighted by atomic mass is 16.1. The van der Waals surface area contributed by atoms with Gasteiger partial charge in [0.1, 0.15) is 6.04 Å². The van der Waals surface area contributed by atoms with Crippen LogP contribution in [-0.2, 0) is 4.79 Å². The summed E-state index contributed by atoms with van der Waals surface area (Å²) in [6.45, 7) is 4.72. The highest BCUT2D eigenvalue weighted by molar-refractivity contribution is 5.79. The largest absolute Gasteiger partial charge is 0.380 e. The normalized spacial score (nSPS) is 12.3. The maximum absolute atomic E-state index is 11.2. The first-order valence-electron chi connectivity index (χ1n) is 7.29. The van der Waals surface area contributed by atoms with Gasteiger partial charge in [-0.25, -0.2) is 0 Å². The number of nitrogens with zero attached hydrogens (tertiary/aromatic N) is 3. The molecule has 0 radical (unpaired) electrons. The highest BCUT2D eigenvalue weighted by Crippen LogP contribution is 2.05. The molecule has 0 aliphatic rings. The van der Waals surface area contributed by atoms with Gasteiger partial charge in [-0.3, -0.25) is 4.79 Å². The number of azide groups is 1. The number of unbranched alkanes of at least 4 members (excludes halogenated alkanes) is 4. The fraction of sp³-hybridized carbons (Fsp3) is 0.786. The van der Waals surface area contributed by atoms with Crippen LogP contribution >= 0.6 is 0 Å². The van der Waals surface area contributed by atoms with Crippen molar-refractivity contribution in [3.63, 3.8) is 0 Å². The molecular formula is C14H27N5O. The summed E-state index contributed by atoms with van der Waals surface area (Å²) in [5.41, 5.74) is 13.4. The summed E-state index contributed by atoms with van der Waals surface area (Å²) in [4.78, 5) is 13.9. The van der Waals surface area contributed by atoms with Crippen LogP contribution in [0.4, 0.5) is 0 Å². The molecule has 0 aliphatic carbocycles. The molecule has 3 N–H and O–H groups in total. The molecule has 0 bridgehead atoms. The quantitative estimate of drug-likeness (QED) is 0.248. The van der Waals surface area contributed by atoms with E-state index in [1.54, 1.807) is 0 Å². The molecule has 1 amide bonds. The monoisotopic (exact) mass is 281 g/mol. The molecule has 0 aromatic rings. The average Bonchev–Trinajstić information content (AvgIpc) is 2.39. The van der Waals surface area contributed by atoms with Gasteiger partial charge in [0.2, 0.25) is 5.91 Å². The number of nitrogens with two attached hydrogens (primary N) is 1. The van der Waals surface area contributed by atoms with Gasteiger partial charge in [0, 0.05) is 11.5 Å². The van der Waals surface area contributed by atoms with Crippen LogP contribution in [0.15, 0.2) is 17.4 Å². The topological polar surface area (TPSA) is 104 Å². The summed E-state index contributed by atoms with van der Waals surface area (Å²) in [5, 5.41) is 6.55. The SMILES string of the molecule is CC(C)C[C@H](N/C=C/CCCCCCN=[N+]=[N-])C(N)=O. The summed E-state index contributed by atoms with van der Waals surface area (Å²) in [5.74, 6) is 0.130. The molecule has 0 unspecified atom stereocenters. The fourth-order valence-electron chi connectivity index (χ4n) is 1.85. The minimum atomic E-state index is -0.304. The third kappa shape index (κ3) is 11.4. The molecule has 114 valence electrons. The van der Waals surface area contributed by atoms with Crippen molar-refractivity contribution < 1.29 is 4.79 Å². The molecule has 20 heavy (non-hydrogen) atoms. The van der Waals surface area contributed by atoms with Gasteiger partial charge in [0.25, 0.3) is 0 Å². The zero-order valence-corrected chi connectivity index (χ0v) is 12.6. The van der Waals surface area contributed by atoms with Crippen LogP contribution < -0.4 is 11.1 Å². The Labute approximate surface area is 121 Å².